The number of halogens is 2. The first-order chi connectivity index (χ1) is 11.4. The van der Waals surface area contributed by atoms with E-state index in [1.54, 1.807) is 19.1 Å². The molecular formula is C16H14Br2N2O4. The Morgan fingerprint density at radius 1 is 1.21 bits per heavy atom. The summed E-state index contributed by atoms with van der Waals surface area (Å²) >= 11 is 6.67. The number of aromatic hydroxyl groups is 2. The summed E-state index contributed by atoms with van der Waals surface area (Å²) in [6.07, 6.45) is 0. The molecule has 0 unspecified atom stereocenters. The van der Waals surface area contributed by atoms with Crippen molar-refractivity contribution in [3.63, 3.8) is 0 Å². The summed E-state index contributed by atoms with van der Waals surface area (Å²) in [4.78, 5) is 11.8. The predicted molar refractivity (Wildman–Crippen MR) is 97.5 cm³/mol. The van der Waals surface area contributed by atoms with Gasteiger partial charge in [0.1, 0.15) is 17.2 Å². The summed E-state index contributed by atoms with van der Waals surface area (Å²) in [6, 6.07) is 9.46. The second-order valence-electron chi connectivity index (χ2n) is 4.80. The Balaban J connectivity index is 1.94. The van der Waals surface area contributed by atoms with Crippen LogP contribution in [0.1, 0.15) is 12.5 Å². The maximum atomic E-state index is 11.8. The van der Waals surface area contributed by atoms with Crippen molar-refractivity contribution in [3.05, 3.63) is 50.9 Å². The molecule has 0 saturated carbocycles. The lowest BCUT2D eigenvalue weighted by Gasteiger charge is -2.08. The van der Waals surface area contributed by atoms with Crippen LogP contribution >= 0.6 is 31.9 Å². The molecule has 0 aliphatic rings. The molecule has 2 aromatic carbocycles. The van der Waals surface area contributed by atoms with Crippen LogP contribution in [-0.4, -0.2) is 28.4 Å². The first-order valence-electron chi connectivity index (χ1n) is 6.80. The molecule has 0 aliphatic carbocycles. The van der Waals surface area contributed by atoms with E-state index in [0.29, 0.717) is 17.0 Å². The standard InChI is InChI=1S/C16H14Br2N2O4/c1-9(12-4-3-11(21)7-14(12)22)19-20-16(23)8-24-15-5-2-10(17)6-13(15)18/h2-7,21-22H,8H2,1H3,(H,20,23)/b19-9+. The van der Waals surface area contributed by atoms with Gasteiger partial charge in [-0.25, -0.2) is 5.43 Å². The smallest absolute Gasteiger partial charge is 0.277 e. The van der Waals surface area contributed by atoms with Crippen LogP contribution in [0.15, 0.2) is 50.4 Å². The van der Waals surface area contributed by atoms with Gasteiger partial charge in [-0.15, -0.1) is 0 Å². The highest BCUT2D eigenvalue weighted by Crippen LogP contribution is 2.28. The Bertz CT molecular complexity index is 794. The number of carbonyl (C=O) groups is 1. The average Bonchev–Trinajstić information content (AvgIpc) is 2.51. The fraction of sp³-hybridized carbons (Fsp3) is 0.125. The molecule has 126 valence electrons. The third-order valence-corrected chi connectivity index (χ3v) is 4.09. The largest absolute Gasteiger partial charge is 0.508 e. The van der Waals surface area contributed by atoms with Crippen LogP contribution in [0.3, 0.4) is 0 Å². The molecule has 2 rings (SSSR count). The van der Waals surface area contributed by atoms with Crippen LogP contribution in [0.2, 0.25) is 0 Å². The van der Waals surface area contributed by atoms with Crippen molar-refractivity contribution in [3.8, 4) is 17.2 Å². The van der Waals surface area contributed by atoms with Crippen LogP contribution in [-0.2, 0) is 4.79 Å². The van der Waals surface area contributed by atoms with Crippen molar-refractivity contribution in [2.75, 3.05) is 6.61 Å². The minimum Gasteiger partial charge on any atom is -0.508 e. The molecule has 0 fully saturated rings. The zero-order valence-electron chi connectivity index (χ0n) is 12.6. The molecule has 0 atom stereocenters. The van der Waals surface area contributed by atoms with E-state index < -0.39 is 5.91 Å². The van der Waals surface area contributed by atoms with Gasteiger partial charge in [-0.2, -0.15) is 5.10 Å². The molecule has 0 bridgehead atoms. The van der Waals surface area contributed by atoms with Gasteiger partial charge in [-0.3, -0.25) is 4.79 Å². The highest BCUT2D eigenvalue weighted by Gasteiger charge is 2.08. The molecule has 8 heteroatoms. The van der Waals surface area contributed by atoms with Gasteiger partial charge < -0.3 is 14.9 Å². The molecule has 0 saturated heterocycles. The topological polar surface area (TPSA) is 91.2 Å². The van der Waals surface area contributed by atoms with E-state index in [0.717, 1.165) is 8.95 Å². The Labute approximate surface area is 155 Å². The monoisotopic (exact) mass is 456 g/mol. The number of phenolic OH excluding ortho intramolecular Hbond substituents is 2. The van der Waals surface area contributed by atoms with Crippen molar-refractivity contribution in [1.82, 2.24) is 5.43 Å². The molecule has 0 spiro atoms. The van der Waals surface area contributed by atoms with E-state index in [1.165, 1.54) is 18.2 Å². The van der Waals surface area contributed by atoms with Crippen LogP contribution in [0, 0.1) is 0 Å². The van der Waals surface area contributed by atoms with Crippen molar-refractivity contribution < 1.29 is 19.7 Å². The highest BCUT2D eigenvalue weighted by atomic mass is 79.9. The van der Waals surface area contributed by atoms with Crippen LogP contribution < -0.4 is 10.2 Å². The zero-order valence-corrected chi connectivity index (χ0v) is 15.8. The lowest BCUT2D eigenvalue weighted by atomic mass is 10.1. The molecule has 0 aliphatic heterocycles. The zero-order chi connectivity index (χ0) is 17.7. The Hall–Kier alpha value is -2.06. The molecule has 2 aromatic rings. The number of nitrogens with one attached hydrogen (secondary N) is 1. The number of ether oxygens (including phenoxy) is 1. The van der Waals surface area contributed by atoms with E-state index in [-0.39, 0.29) is 18.1 Å². The molecule has 0 aromatic heterocycles. The van der Waals surface area contributed by atoms with E-state index in [2.05, 4.69) is 42.4 Å². The van der Waals surface area contributed by atoms with Gasteiger partial charge in [0, 0.05) is 16.1 Å². The maximum Gasteiger partial charge on any atom is 0.277 e. The Morgan fingerprint density at radius 2 is 1.96 bits per heavy atom. The number of hydrazone groups is 1. The number of phenols is 2. The molecule has 6 nitrogen and oxygen atoms in total. The number of nitrogens with zero attached hydrogens (tertiary/aromatic N) is 1. The van der Waals surface area contributed by atoms with Crippen LogP contribution in [0.4, 0.5) is 0 Å². The first-order valence-corrected chi connectivity index (χ1v) is 8.38. The minimum absolute atomic E-state index is 0.0541. The van der Waals surface area contributed by atoms with Crippen molar-refractivity contribution >= 4 is 43.5 Å². The second kappa shape index (κ2) is 8.16. The third kappa shape index (κ3) is 4.97. The molecule has 3 N–H and O–H groups in total. The van der Waals surface area contributed by atoms with Crippen molar-refractivity contribution in [2.24, 2.45) is 5.10 Å². The van der Waals surface area contributed by atoms with Gasteiger partial charge in [0.2, 0.25) is 0 Å². The number of benzene rings is 2. The number of hydrogen-bond donors (Lipinski definition) is 3. The molecule has 24 heavy (non-hydrogen) atoms. The Kier molecular flexibility index (Phi) is 6.22. The first kappa shape index (κ1) is 18.3. The number of hydrogen-bond acceptors (Lipinski definition) is 5. The quantitative estimate of drug-likeness (QED) is 0.473. The van der Waals surface area contributed by atoms with Gasteiger partial charge in [0.25, 0.3) is 5.91 Å². The van der Waals surface area contributed by atoms with Gasteiger partial charge in [-0.05, 0) is 53.2 Å². The van der Waals surface area contributed by atoms with Crippen molar-refractivity contribution in [2.45, 2.75) is 6.92 Å². The molecule has 0 heterocycles. The second-order valence-corrected chi connectivity index (χ2v) is 6.57. The number of rotatable bonds is 5. The normalized spacial score (nSPS) is 11.2. The summed E-state index contributed by atoms with van der Waals surface area (Å²) in [7, 11) is 0. The number of carbonyl (C=O) groups excluding carboxylic acids is 1. The summed E-state index contributed by atoms with van der Waals surface area (Å²) in [5.41, 5.74) is 3.15. The fourth-order valence-electron chi connectivity index (χ4n) is 1.80. The maximum absolute atomic E-state index is 11.8. The lowest BCUT2D eigenvalue weighted by Crippen LogP contribution is -2.25. The Morgan fingerprint density at radius 3 is 2.62 bits per heavy atom. The minimum atomic E-state index is -0.442. The summed E-state index contributed by atoms with van der Waals surface area (Å²) in [6.45, 7) is 1.41. The van der Waals surface area contributed by atoms with E-state index in [4.69, 9.17) is 4.74 Å². The average molecular weight is 458 g/mol. The van der Waals surface area contributed by atoms with Gasteiger partial charge in [0.05, 0.1) is 10.2 Å². The van der Waals surface area contributed by atoms with E-state index in [9.17, 15) is 15.0 Å². The SMILES string of the molecule is C/C(=N\NC(=O)COc1ccc(Br)cc1Br)c1ccc(O)cc1O. The summed E-state index contributed by atoms with van der Waals surface area (Å²) in [5.74, 6) is -0.0882. The van der Waals surface area contributed by atoms with Crippen molar-refractivity contribution in [1.29, 1.82) is 0 Å². The highest BCUT2D eigenvalue weighted by molar-refractivity contribution is 9.11. The third-order valence-electron chi connectivity index (χ3n) is 2.97. The van der Waals surface area contributed by atoms with Gasteiger partial charge in [0.15, 0.2) is 6.61 Å². The molecule has 1 amide bonds. The van der Waals surface area contributed by atoms with E-state index >= 15 is 0 Å². The van der Waals surface area contributed by atoms with E-state index in [1.807, 2.05) is 6.07 Å². The lowest BCUT2D eigenvalue weighted by molar-refractivity contribution is -0.123. The predicted octanol–water partition coefficient (Wildman–Crippen LogP) is 3.54. The van der Waals surface area contributed by atoms with Gasteiger partial charge in [-0.1, -0.05) is 15.9 Å². The van der Waals surface area contributed by atoms with Crippen LogP contribution in [0.25, 0.3) is 0 Å². The number of amides is 1. The fourth-order valence-corrected chi connectivity index (χ4v) is 2.96. The summed E-state index contributed by atoms with van der Waals surface area (Å²) in [5, 5.41) is 22.9. The summed E-state index contributed by atoms with van der Waals surface area (Å²) < 4.78 is 7.01. The van der Waals surface area contributed by atoms with Crippen LogP contribution in [0.5, 0.6) is 17.2 Å². The molecular weight excluding hydrogens is 444 g/mol. The molecule has 0 radical (unpaired) electrons. The van der Waals surface area contributed by atoms with Gasteiger partial charge >= 0.3 is 0 Å².